The summed E-state index contributed by atoms with van der Waals surface area (Å²) in [5.41, 5.74) is 1.09. The standard InChI is InChI=1S/C12H18N2OS/c1-10(2)8-14-9-12(7-13-14)5-4-6-16-11(3)15/h4-5,7,9-10H,6,8H2,1-3H3. The summed E-state index contributed by atoms with van der Waals surface area (Å²) in [6.07, 6.45) is 7.86. The van der Waals surface area contributed by atoms with Crippen molar-refractivity contribution < 1.29 is 4.79 Å². The van der Waals surface area contributed by atoms with Gasteiger partial charge in [0.1, 0.15) is 0 Å². The first-order valence-corrected chi connectivity index (χ1v) is 6.39. The van der Waals surface area contributed by atoms with Gasteiger partial charge in [0.05, 0.1) is 6.20 Å². The van der Waals surface area contributed by atoms with Gasteiger partial charge in [-0.1, -0.05) is 37.8 Å². The Morgan fingerprint density at radius 1 is 1.62 bits per heavy atom. The SMILES string of the molecule is CC(=O)SCC=Cc1cnn(CC(C)C)c1. The van der Waals surface area contributed by atoms with Gasteiger partial charge in [0.25, 0.3) is 0 Å². The predicted octanol–water partition coefficient (Wildman–Crippen LogP) is 2.83. The molecule has 0 fully saturated rings. The van der Waals surface area contributed by atoms with E-state index in [1.165, 1.54) is 11.8 Å². The second-order valence-electron chi connectivity index (χ2n) is 4.09. The molecule has 0 aromatic carbocycles. The quantitative estimate of drug-likeness (QED) is 0.791. The minimum Gasteiger partial charge on any atom is -0.288 e. The minimum atomic E-state index is 0.153. The molecule has 88 valence electrons. The predicted molar refractivity (Wildman–Crippen MR) is 69.2 cm³/mol. The summed E-state index contributed by atoms with van der Waals surface area (Å²) in [5.74, 6) is 1.33. The number of carbonyl (C=O) groups excluding carboxylic acids is 1. The Morgan fingerprint density at radius 2 is 2.38 bits per heavy atom. The average Bonchev–Trinajstić information content (AvgIpc) is 2.59. The van der Waals surface area contributed by atoms with Gasteiger partial charge in [0.2, 0.25) is 0 Å². The number of thioether (sulfide) groups is 1. The lowest BCUT2D eigenvalue weighted by atomic mass is 10.2. The normalized spacial score (nSPS) is 11.5. The van der Waals surface area contributed by atoms with Gasteiger partial charge < -0.3 is 0 Å². The molecular formula is C12H18N2OS. The molecule has 0 atom stereocenters. The van der Waals surface area contributed by atoms with Crippen molar-refractivity contribution in [2.75, 3.05) is 5.75 Å². The zero-order valence-corrected chi connectivity index (χ0v) is 10.8. The highest BCUT2D eigenvalue weighted by molar-refractivity contribution is 8.13. The average molecular weight is 238 g/mol. The number of hydrogen-bond acceptors (Lipinski definition) is 3. The molecule has 16 heavy (non-hydrogen) atoms. The number of carbonyl (C=O) groups is 1. The topological polar surface area (TPSA) is 34.9 Å². The van der Waals surface area contributed by atoms with Crippen LogP contribution >= 0.6 is 11.8 Å². The third kappa shape index (κ3) is 5.16. The largest absolute Gasteiger partial charge is 0.288 e. The Labute approximate surface area is 101 Å². The van der Waals surface area contributed by atoms with Crippen molar-refractivity contribution in [2.24, 2.45) is 5.92 Å². The lowest BCUT2D eigenvalue weighted by Gasteiger charge is -2.02. The third-order valence-corrected chi connectivity index (χ3v) is 2.66. The lowest BCUT2D eigenvalue weighted by molar-refractivity contribution is -0.109. The van der Waals surface area contributed by atoms with Crippen LogP contribution in [0.2, 0.25) is 0 Å². The fraction of sp³-hybridized carbons (Fsp3) is 0.500. The molecule has 0 aliphatic heterocycles. The third-order valence-electron chi connectivity index (χ3n) is 1.90. The van der Waals surface area contributed by atoms with Crippen LogP contribution in [0.1, 0.15) is 26.3 Å². The fourth-order valence-electron chi connectivity index (χ4n) is 1.29. The molecule has 0 amide bonds. The maximum Gasteiger partial charge on any atom is 0.186 e. The van der Waals surface area contributed by atoms with E-state index in [1.54, 1.807) is 6.92 Å². The number of hydrogen-bond donors (Lipinski definition) is 0. The van der Waals surface area contributed by atoms with E-state index in [1.807, 2.05) is 29.2 Å². The molecule has 1 aromatic heterocycles. The summed E-state index contributed by atoms with van der Waals surface area (Å²) in [6, 6.07) is 0. The molecule has 0 aliphatic rings. The minimum absolute atomic E-state index is 0.153. The van der Waals surface area contributed by atoms with E-state index in [2.05, 4.69) is 18.9 Å². The smallest absolute Gasteiger partial charge is 0.186 e. The number of aromatic nitrogens is 2. The second-order valence-corrected chi connectivity index (χ2v) is 5.29. The van der Waals surface area contributed by atoms with Gasteiger partial charge in [-0.25, -0.2) is 0 Å². The van der Waals surface area contributed by atoms with Gasteiger partial charge in [-0.15, -0.1) is 0 Å². The molecular weight excluding hydrogens is 220 g/mol. The van der Waals surface area contributed by atoms with Crippen LogP contribution in [0.3, 0.4) is 0 Å². The van der Waals surface area contributed by atoms with Gasteiger partial charge in [0.15, 0.2) is 5.12 Å². The summed E-state index contributed by atoms with van der Waals surface area (Å²) in [4.78, 5) is 10.7. The Morgan fingerprint density at radius 3 is 3.00 bits per heavy atom. The Bertz CT molecular complexity index is 369. The fourth-order valence-corrected chi connectivity index (χ4v) is 1.72. The Kier molecular flexibility index (Phi) is 5.32. The summed E-state index contributed by atoms with van der Waals surface area (Å²) in [7, 11) is 0. The molecule has 0 spiro atoms. The summed E-state index contributed by atoms with van der Waals surface area (Å²) < 4.78 is 1.95. The van der Waals surface area contributed by atoms with Crippen LogP contribution in [-0.2, 0) is 11.3 Å². The summed E-state index contributed by atoms with van der Waals surface area (Å²) in [5, 5.41) is 4.41. The van der Waals surface area contributed by atoms with Crippen molar-refractivity contribution in [1.29, 1.82) is 0 Å². The van der Waals surface area contributed by atoms with Crippen LogP contribution in [0.4, 0.5) is 0 Å². The zero-order valence-electron chi connectivity index (χ0n) is 10.0. The van der Waals surface area contributed by atoms with E-state index < -0.39 is 0 Å². The molecule has 4 heteroatoms. The van der Waals surface area contributed by atoms with E-state index in [0.717, 1.165) is 17.9 Å². The molecule has 0 radical (unpaired) electrons. The van der Waals surface area contributed by atoms with E-state index in [-0.39, 0.29) is 5.12 Å². The van der Waals surface area contributed by atoms with Crippen molar-refractivity contribution in [1.82, 2.24) is 9.78 Å². The first-order valence-electron chi connectivity index (χ1n) is 5.40. The maximum atomic E-state index is 10.7. The Balaban J connectivity index is 2.42. The van der Waals surface area contributed by atoms with E-state index in [9.17, 15) is 4.79 Å². The lowest BCUT2D eigenvalue weighted by Crippen LogP contribution is -2.03. The first kappa shape index (κ1) is 13.0. The Hall–Kier alpha value is -1.03. The highest BCUT2D eigenvalue weighted by atomic mass is 32.2. The van der Waals surface area contributed by atoms with Crippen LogP contribution in [0.5, 0.6) is 0 Å². The van der Waals surface area contributed by atoms with E-state index in [0.29, 0.717) is 5.92 Å². The molecule has 1 rings (SSSR count). The molecule has 0 saturated heterocycles. The molecule has 0 N–H and O–H groups in total. The monoisotopic (exact) mass is 238 g/mol. The molecule has 0 unspecified atom stereocenters. The summed E-state index contributed by atoms with van der Waals surface area (Å²) in [6.45, 7) is 6.86. The van der Waals surface area contributed by atoms with Crippen molar-refractivity contribution in [3.8, 4) is 0 Å². The molecule has 3 nitrogen and oxygen atoms in total. The van der Waals surface area contributed by atoms with E-state index >= 15 is 0 Å². The summed E-state index contributed by atoms with van der Waals surface area (Å²) >= 11 is 1.32. The van der Waals surface area contributed by atoms with Crippen molar-refractivity contribution in [2.45, 2.75) is 27.3 Å². The van der Waals surface area contributed by atoms with Crippen LogP contribution in [0.25, 0.3) is 6.08 Å². The van der Waals surface area contributed by atoms with Crippen molar-refractivity contribution in [3.63, 3.8) is 0 Å². The molecule has 1 aromatic rings. The van der Waals surface area contributed by atoms with Gasteiger partial charge in [-0.05, 0) is 5.92 Å². The van der Waals surface area contributed by atoms with Gasteiger partial charge in [-0.3, -0.25) is 9.48 Å². The second kappa shape index (κ2) is 6.53. The highest BCUT2D eigenvalue weighted by Crippen LogP contribution is 2.06. The number of nitrogens with zero attached hydrogens (tertiary/aromatic N) is 2. The highest BCUT2D eigenvalue weighted by Gasteiger charge is 1.98. The van der Waals surface area contributed by atoms with Crippen LogP contribution in [0.15, 0.2) is 18.5 Å². The van der Waals surface area contributed by atoms with Gasteiger partial charge >= 0.3 is 0 Å². The van der Waals surface area contributed by atoms with Gasteiger partial charge in [-0.2, -0.15) is 5.10 Å². The van der Waals surface area contributed by atoms with Crippen LogP contribution < -0.4 is 0 Å². The molecule has 0 saturated carbocycles. The molecule has 0 aliphatic carbocycles. The zero-order chi connectivity index (χ0) is 12.0. The van der Waals surface area contributed by atoms with E-state index in [4.69, 9.17) is 0 Å². The maximum absolute atomic E-state index is 10.7. The molecule has 1 heterocycles. The van der Waals surface area contributed by atoms with Gasteiger partial charge in [0, 0.05) is 31.0 Å². The molecule has 0 bridgehead atoms. The number of rotatable bonds is 5. The van der Waals surface area contributed by atoms with Crippen molar-refractivity contribution in [3.05, 3.63) is 24.0 Å². The first-order chi connectivity index (χ1) is 7.58. The van der Waals surface area contributed by atoms with Crippen LogP contribution in [0, 0.1) is 5.92 Å². The van der Waals surface area contributed by atoms with Crippen molar-refractivity contribution >= 4 is 23.0 Å². The van der Waals surface area contributed by atoms with Crippen LogP contribution in [-0.4, -0.2) is 20.6 Å².